The number of anilines is 1. The van der Waals surface area contributed by atoms with Crippen LogP contribution >= 0.6 is 0 Å². The highest BCUT2D eigenvalue weighted by Gasteiger charge is 2.22. The first-order chi connectivity index (χ1) is 19.0. The number of aromatic nitrogens is 6. The van der Waals surface area contributed by atoms with E-state index >= 15 is 0 Å². The Morgan fingerprint density at radius 2 is 2.03 bits per heavy atom. The molecule has 0 aliphatic carbocycles. The van der Waals surface area contributed by atoms with Crippen molar-refractivity contribution in [1.29, 1.82) is 0 Å². The minimum atomic E-state index is -0.915. The molecule has 0 amide bonds. The van der Waals surface area contributed by atoms with Gasteiger partial charge in [-0.3, -0.25) is 19.1 Å². The van der Waals surface area contributed by atoms with Gasteiger partial charge in [0.15, 0.2) is 0 Å². The van der Waals surface area contributed by atoms with Gasteiger partial charge in [0.05, 0.1) is 37.0 Å². The summed E-state index contributed by atoms with van der Waals surface area (Å²) < 4.78 is 9.51. The summed E-state index contributed by atoms with van der Waals surface area (Å²) in [5.41, 5.74) is 5.63. The zero-order valence-electron chi connectivity index (χ0n) is 21.6. The van der Waals surface area contributed by atoms with Crippen LogP contribution in [-0.2, 0) is 24.7 Å². The van der Waals surface area contributed by atoms with Crippen molar-refractivity contribution >= 4 is 22.7 Å². The molecule has 10 heteroatoms. The molecular formula is C29H29N7O3. The van der Waals surface area contributed by atoms with E-state index in [1.807, 2.05) is 37.5 Å². The van der Waals surface area contributed by atoms with Gasteiger partial charge in [-0.05, 0) is 54.3 Å². The largest absolute Gasteiger partial charge is 0.493 e. The summed E-state index contributed by atoms with van der Waals surface area (Å²) in [7, 11) is 1.85. The van der Waals surface area contributed by atoms with Crippen molar-refractivity contribution in [2.24, 2.45) is 7.05 Å². The first-order valence-electron chi connectivity index (χ1n) is 13.0. The van der Waals surface area contributed by atoms with Crippen LogP contribution in [0.1, 0.15) is 35.7 Å². The maximum absolute atomic E-state index is 11.8. The van der Waals surface area contributed by atoms with Crippen molar-refractivity contribution in [3.8, 4) is 16.9 Å². The highest BCUT2D eigenvalue weighted by molar-refractivity contribution is 5.81. The summed E-state index contributed by atoms with van der Waals surface area (Å²) in [5, 5.41) is 22.8. The molecule has 0 fully saturated rings. The standard InChI is InChI=1S/C29H29N7O3/c1-35-18-23(17-32-35)20-11-21(15-30-14-20)27(13-28(37)38)36-26-7-6-25(12-22(26)16-33-36)39-10-8-24-5-4-19-3-2-9-31-29(19)34-24/h4-7,11-12,14-18,27H,2-3,8-10,13H2,1H3,(H,31,34)(H,37,38). The fourth-order valence-electron chi connectivity index (χ4n) is 5.03. The van der Waals surface area contributed by atoms with Crippen molar-refractivity contribution in [3.63, 3.8) is 0 Å². The molecule has 5 heterocycles. The van der Waals surface area contributed by atoms with Crippen LogP contribution in [0.3, 0.4) is 0 Å². The van der Waals surface area contributed by atoms with Gasteiger partial charge >= 0.3 is 5.97 Å². The molecule has 6 rings (SSSR count). The number of pyridine rings is 2. The quantitative estimate of drug-likeness (QED) is 0.294. The van der Waals surface area contributed by atoms with Gasteiger partial charge in [0.1, 0.15) is 11.6 Å². The summed E-state index contributed by atoms with van der Waals surface area (Å²) in [6.07, 6.45) is 11.6. The third-order valence-corrected chi connectivity index (χ3v) is 6.99. The predicted molar refractivity (Wildman–Crippen MR) is 147 cm³/mol. The maximum Gasteiger partial charge on any atom is 0.305 e. The van der Waals surface area contributed by atoms with Gasteiger partial charge in [0.2, 0.25) is 0 Å². The second kappa shape index (κ2) is 10.6. The number of nitrogens with zero attached hydrogens (tertiary/aromatic N) is 6. The number of hydrogen-bond donors (Lipinski definition) is 2. The Morgan fingerprint density at radius 1 is 1.10 bits per heavy atom. The number of ether oxygens (including phenoxy) is 1. The van der Waals surface area contributed by atoms with Crippen LogP contribution in [0.2, 0.25) is 0 Å². The van der Waals surface area contributed by atoms with Crippen LogP contribution in [0.5, 0.6) is 5.75 Å². The van der Waals surface area contributed by atoms with Crippen molar-refractivity contribution in [2.45, 2.75) is 31.7 Å². The molecule has 1 unspecified atom stereocenters. The Labute approximate surface area is 225 Å². The van der Waals surface area contributed by atoms with Gasteiger partial charge in [0.25, 0.3) is 0 Å². The van der Waals surface area contributed by atoms with E-state index in [0.717, 1.165) is 64.2 Å². The van der Waals surface area contributed by atoms with Crippen molar-refractivity contribution < 1.29 is 14.6 Å². The molecular weight excluding hydrogens is 494 g/mol. The number of carboxylic acids is 1. The Hall–Kier alpha value is -4.73. The molecule has 0 spiro atoms. The first kappa shape index (κ1) is 24.6. The Morgan fingerprint density at radius 3 is 2.87 bits per heavy atom. The number of carbonyl (C=O) groups is 1. The molecule has 1 aliphatic heterocycles. The Balaban J connectivity index is 1.20. The lowest BCUT2D eigenvalue weighted by Crippen LogP contribution is -2.16. The summed E-state index contributed by atoms with van der Waals surface area (Å²) in [4.78, 5) is 21.0. The van der Waals surface area contributed by atoms with Crippen LogP contribution in [0.25, 0.3) is 22.0 Å². The molecule has 1 aromatic carbocycles. The van der Waals surface area contributed by atoms with E-state index in [2.05, 4.69) is 32.6 Å². The highest BCUT2D eigenvalue weighted by Crippen LogP contribution is 2.30. The lowest BCUT2D eigenvalue weighted by molar-refractivity contribution is -0.137. The van der Waals surface area contributed by atoms with Crippen LogP contribution < -0.4 is 10.1 Å². The summed E-state index contributed by atoms with van der Waals surface area (Å²) >= 11 is 0. The lowest BCUT2D eigenvalue weighted by Gasteiger charge is -2.18. The molecule has 4 aromatic heterocycles. The molecule has 1 aliphatic rings. The Bertz CT molecular complexity index is 1640. The van der Waals surface area contributed by atoms with Gasteiger partial charge in [0, 0.05) is 60.8 Å². The Kier molecular flexibility index (Phi) is 6.66. The molecule has 10 nitrogen and oxygen atoms in total. The van der Waals surface area contributed by atoms with E-state index in [-0.39, 0.29) is 6.42 Å². The van der Waals surface area contributed by atoms with E-state index in [0.29, 0.717) is 13.0 Å². The summed E-state index contributed by atoms with van der Waals surface area (Å²) in [6.45, 7) is 1.47. The molecule has 198 valence electrons. The number of hydrogen-bond acceptors (Lipinski definition) is 7. The average molecular weight is 524 g/mol. The number of fused-ring (bicyclic) bond motifs is 2. The van der Waals surface area contributed by atoms with Crippen LogP contribution in [0.15, 0.2) is 67.4 Å². The summed E-state index contributed by atoms with van der Waals surface area (Å²) in [6, 6.07) is 11.4. The number of nitrogens with one attached hydrogen (secondary N) is 1. The molecule has 0 saturated heterocycles. The molecule has 5 aromatic rings. The van der Waals surface area contributed by atoms with Gasteiger partial charge in [-0.2, -0.15) is 10.2 Å². The van der Waals surface area contributed by atoms with E-state index < -0.39 is 12.0 Å². The van der Waals surface area contributed by atoms with Crippen molar-refractivity contribution in [3.05, 3.63) is 84.2 Å². The molecule has 2 N–H and O–H groups in total. The zero-order chi connectivity index (χ0) is 26.8. The fraction of sp³-hybridized carbons (Fsp3) is 0.276. The van der Waals surface area contributed by atoms with Gasteiger partial charge in [-0.1, -0.05) is 6.07 Å². The van der Waals surface area contributed by atoms with E-state index in [1.54, 1.807) is 34.2 Å². The number of carboxylic acid groups (broad SMARTS) is 1. The number of aliphatic carboxylic acids is 1. The normalized spacial score (nSPS) is 13.6. The van der Waals surface area contributed by atoms with E-state index in [4.69, 9.17) is 9.72 Å². The third kappa shape index (κ3) is 5.31. The van der Waals surface area contributed by atoms with Crippen molar-refractivity contribution in [1.82, 2.24) is 29.5 Å². The molecule has 0 bridgehead atoms. The topological polar surface area (TPSA) is 120 Å². The minimum Gasteiger partial charge on any atom is -0.493 e. The molecule has 1 atom stereocenters. The first-order valence-corrected chi connectivity index (χ1v) is 13.0. The molecule has 0 saturated carbocycles. The third-order valence-electron chi connectivity index (χ3n) is 6.99. The van der Waals surface area contributed by atoms with Gasteiger partial charge < -0.3 is 15.2 Å². The minimum absolute atomic E-state index is 0.129. The number of aryl methyl sites for hydroxylation is 2. The SMILES string of the molecule is Cn1cc(-c2cncc(C(CC(=O)O)n3ncc4cc(OCCc5ccc6c(n5)NCCC6)ccc43)c2)cn1. The highest BCUT2D eigenvalue weighted by atomic mass is 16.5. The second-order valence-corrected chi connectivity index (χ2v) is 9.77. The fourth-order valence-corrected chi connectivity index (χ4v) is 5.03. The lowest BCUT2D eigenvalue weighted by atomic mass is 10.0. The van der Waals surface area contributed by atoms with Gasteiger partial charge in [-0.25, -0.2) is 4.98 Å². The van der Waals surface area contributed by atoms with E-state index in [1.165, 1.54) is 5.56 Å². The zero-order valence-corrected chi connectivity index (χ0v) is 21.6. The van der Waals surface area contributed by atoms with Crippen LogP contribution in [-0.4, -0.2) is 53.8 Å². The van der Waals surface area contributed by atoms with Crippen LogP contribution in [0.4, 0.5) is 5.82 Å². The maximum atomic E-state index is 11.8. The van der Waals surface area contributed by atoms with Gasteiger partial charge in [-0.15, -0.1) is 0 Å². The van der Waals surface area contributed by atoms with Crippen LogP contribution in [0, 0.1) is 0 Å². The van der Waals surface area contributed by atoms with E-state index in [9.17, 15) is 9.90 Å². The second-order valence-electron chi connectivity index (χ2n) is 9.77. The molecule has 39 heavy (non-hydrogen) atoms. The molecule has 0 radical (unpaired) electrons. The monoisotopic (exact) mass is 523 g/mol. The number of benzene rings is 1. The predicted octanol–water partition coefficient (Wildman–Crippen LogP) is 4.27. The smallest absolute Gasteiger partial charge is 0.305 e. The average Bonchev–Trinajstić information content (AvgIpc) is 3.57. The van der Waals surface area contributed by atoms with Crippen molar-refractivity contribution in [2.75, 3.05) is 18.5 Å². The number of rotatable bonds is 9. The summed E-state index contributed by atoms with van der Waals surface area (Å²) in [5.74, 6) is 0.805.